The van der Waals surface area contributed by atoms with Crippen molar-refractivity contribution in [2.24, 2.45) is 0 Å². The maximum Gasteiger partial charge on any atom is 0.252 e. The zero-order chi connectivity index (χ0) is 15.5. The van der Waals surface area contributed by atoms with Gasteiger partial charge in [-0.25, -0.2) is 0 Å². The summed E-state index contributed by atoms with van der Waals surface area (Å²) in [4.78, 5) is 15.4. The van der Waals surface area contributed by atoms with E-state index in [0.717, 1.165) is 11.9 Å². The Labute approximate surface area is 138 Å². The van der Waals surface area contributed by atoms with Crippen molar-refractivity contribution in [2.45, 2.75) is 6.42 Å². The Bertz CT molecular complexity index is 826. The SMILES string of the molecule is O=C(NCCc1c[nH]c2ccccc12)c1cc(Cl)ccc1Cl. The van der Waals surface area contributed by atoms with Gasteiger partial charge in [0.2, 0.25) is 0 Å². The van der Waals surface area contributed by atoms with Gasteiger partial charge in [0.15, 0.2) is 0 Å². The van der Waals surface area contributed by atoms with Crippen molar-refractivity contribution < 1.29 is 4.79 Å². The zero-order valence-corrected chi connectivity index (χ0v) is 13.2. The normalized spacial score (nSPS) is 10.8. The molecule has 2 aromatic carbocycles. The molecule has 0 unspecified atom stereocenters. The molecule has 1 amide bonds. The third-order valence-electron chi connectivity index (χ3n) is 3.53. The van der Waals surface area contributed by atoms with Gasteiger partial charge >= 0.3 is 0 Å². The van der Waals surface area contributed by atoms with Gasteiger partial charge in [0, 0.05) is 28.7 Å². The van der Waals surface area contributed by atoms with Crippen LogP contribution in [0.15, 0.2) is 48.7 Å². The lowest BCUT2D eigenvalue weighted by Gasteiger charge is -2.07. The van der Waals surface area contributed by atoms with Gasteiger partial charge in [-0.05, 0) is 36.2 Å². The van der Waals surface area contributed by atoms with E-state index in [4.69, 9.17) is 23.2 Å². The summed E-state index contributed by atoms with van der Waals surface area (Å²) in [5.74, 6) is -0.215. The molecule has 1 aromatic heterocycles. The molecule has 3 aromatic rings. The molecular weight excluding hydrogens is 319 g/mol. The Morgan fingerprint density at radius 1 is 1.14 bits per heavy atom. The van der Waals surface area contributed by atoms with E-state index in [1.807, 2.05) is 24.4 Å². The monoisotopic (exact) mass is 332 g/mol. The number of hydrogen-bond donors (Lipinski definition) is 2. The Kier molecular flexibility index (Phi) is 4.36. The molecule has 1 heterocycles. The first-order valence-electron chi connectivity index (χ1n) is 6.93. The van der Waals surface area contributed by atoms with Crippen molar-refractivity contribution in [2.75, 3.05) is 6.54 Å². The van der Waals surface area contributed by atoms with Crippen molar-refractivity contribution in [1.29, 1.82) is 0 Å². The minimum atomic E-state index is -0.215. The molecule has 0 aliphatic carbocycles. The molecule has 22 heavy (non-hydrogen) atoms. The topological polar surface area (TPSA) is 44.9 Å². The van der Waals surface area contributed by atoms with Crippen molar-refractivity contribution >= 4 is 40.0 Å². The largest absolute Gasteiger partial charge is 0.361 e. The van der Waals surface area contributed by atoms with Crippen LogP contribution in [0.1, 0.15) is 15.9 Å². The first-order valence-corrected chi connectivity index (χ1v) is 7.69. The maximum atomic E-state index is 12.1. The molecule has 112 valence electrons. The minimum Gasteiger partial charge on any atom is -0.361 e. The van der Waals surface area contributed by atoms with Crippen LogP contribution in [0.4, 0.5) is 0 Å². The highest BCUT2D eigenvalue weighted by atomic mass is 35.5. The molecule has 0 saturated carbocycles. The highest BCUT2D eigenvalue weighted by Crippen LogP contribution is 2.21. The van der Waals surface area contributed by atoms with E-state index in [2.05, 4.69) is 16.4 Å². The summed E-state index contributed by atoms with van der Waals surface area (Å²) in [5.41, 5.74) is 2.67. The van der Waals surface area contributed by atoms with Gasteiger partial charge in [0.05, 0.1) is 10.6 Å². The lowest BCUT2D eigenvalue weighted by molar-refractivity contribution is 0.0954. The van der Waals surface area contributed by atoms with Crippen LogP contribution in [-0.4, -0.2) is 17.4 Å². The second-order valence-electron chi connectivity index (χ2n) is 4.99. The number of carbonyl (C=O) groups excluding carboxylic acids is 1. The number of aromatic amines is 1. The highest BCUT2D eigenvalue weighted by Gasteiger charge is 2.11. The highest BCUT2D eigenvalue weighted by molar-refractivity contribution is 6.35. The summed E-state index contributed by atoms with van der Waals surface area (Å²) in [6, 6.07) is 12.9. The van der Waals surface area contributed by atoms with E-state index < -0.39 is 0 Å². The molecule has 0 aliphatic rings. The summed E-state index contributed by atoms with van der Waals surface area (Å²) in [6.45, 7) is 0.531. The van der Waals surface area contributed by atoms with Gasteiger partial charge in [-0.3, -0.25) is 4.79 Å². The molecule has 0 spiro atoms. The van der Waals surface area contributed by atoms with Crippen LogP contribution < -0.4 is 5.32 Å². The standard InChI is InChI=1S/C17H14Cl2N2O/c18-12-5-6-15(19)14(9-12)17(22)20-8-7-11-10-21-16-4-2-1-3-13(11)16/h1-6,9-10,21H,7-8H2,(H,20,22). The fraction of sp³-hybridized carbons (Fsp3) is 0.118. The number of amides is 1. The molecular formula is C17H14Cl2N2O. The number of H-pyrrole nitrogens is 1. The second kappa shape index (κ2) is 6.42. The fourth-order valence-electron chi connectivity index (χ4n) is 2.42. The van der Waals surface area contributed by atoms with E-state index in [9.17, 15) is 4.79 Å². The van der Waals surface area contributed by atoms with Gasteiger partial charge in [-0.2, -0.15) is 0 Å². The Morgan fingerprint density at radius 3 is 2.82 bits per heavy atom. The van der Waals surface area contributed by atoms with E-state index in [0.29, 0.717) is 22.2 Å². The van der Waals surface area contributed by atoms with Crippen LogP contribution in [0.25, 0.3) is 10.9 Å². The third-order valence-corrected chi connectivity index (χ3v) is 4.09. The van der Waals surface area contributed by atoms with Crippen molar-refractivity contribution in [3.8, 4) is 0 Å². The van der Waals surface area contributed by atoms with E-state index in [-0.39, 0.29) is 5.91 Å². The van der Waals surface area contributed by atoms with Crippen molar-refractivity contribution in [1.82, 2.24) is 10.3 Å². The first-order chi connectivity index (χ1) is 10.6. The van der Waals surface area contributed by atoms with Crippen molar-refractivity contribution in [3.63, 3.8) is 0 Å². The average Bonchev–Trinajstić information content (AvgIpc) is 2.93. The predicted molar refractivity (Wildman–Crippen MR) is 90.8 cm³/mol. The number of nitrogens with one attached hydrogen (secondary N) is 2. The molecule has 0 saturated heterocycles. The van der Waals surface area contributed by atoms with Crippen LogP contribution in [0.3, 0.4) is 0 Å². The molecule has 0 aliphatic heterocycles. The van der Waals surface area contributed by atoms with Crippen LogP contribution in [0.2, 0.25) is 10.0 Å². The van der Waals surface area contributed by atoms with Crippen LogP contribution >= 0.6 is 23.2 Å². The Balaban J connectivity index is 1.65. The Morgan fingerprint density at radius 2 is 1.95 bits per heavy atom. The number of carbonyl (C=O) groups is 1. The number of para-hydroxylation sites is 1. The molecule has 0 fully saturated rings. The number of halogens is 2. The number of fused-ring (bicyclic) bond motifs is 1. The third kappa shape index (κ3) is 3.11. The zero-order valence-electron chi connectivity index (χ0n) is 11.7. The number of hydrogen-bond acceptors (Lipinski definition) is 1. The molecule has 3 rings (SSSR count). The van der Waals surface area contributed by atoms with Gasteiger partial charge < -0.3 is 10.3 Å². The molecule has 2 N–H and O–H groups in total. The first kappa shape index (κ1) is 14.9. The number of benzene rings is 2. The summed E-state index contributed by atoms with van der Waals surface area (Å²) in [6.07, 6.45) is 2.72. The van der Waals surface area contributed by atoms with Gasteiger partial charge in [-0.15, -0.1) is 0 Å². The van der Waals surface area contributed by atoms with E-state index >= 15 is 0 Å². The fourth-order valence-corrected chi connectivity index (χ4v) is 2.79. The molecule has 0 atom stereocenters. The van der Waals surface area contributed by atoms with Gasteiger partial charge in [0.1, 0.15) is 0 Å². The Hall–Kier alpha value is -1.97. The van der Waals surface area contributed by atoms with Gasteiger partial charge in [-0.1, -0.05) is 41.4 Å². The van der Waals surface area contributed by atoms with Crippen LogP contribution in [0, 0.1) is 0 Å². The van der Waals surface area contributed by atoms with E-state index in [1.54, 1.807) is 18.2 Å². The summed E-state index contributed by atoms with van der Waals surface area (Å²) in [7, 11) is 0. The van der Waals surface area contributed by atoms with E-state index in [1.165, 1.54) is 10.9 Å². The number of rotatable bonds is 4. The summed E-state index contributed by atoms with van der Waals surface area (Å²) >= 11 is 11.9. The lowest BCUT2D eigenvalue weighted by Crippen LogP contribution is -2.25. The lowest BCUT2D eigenvalue weighted by atomic mass is 10.1. The maximum absolute atomic E-state index is 12.1. The van der Waals surface area contributed by atoms with Crippen LogP contribution in [-0.2, 0) is 6.42 Å². The molecule has 5 heteroatoms. The average molecular weight is 333 g/mol. The summed E-state index contributed by atoms with van der Waals surface area (Å²) < 4.78 is 0. The molecule has 0 bridgehead atoms. The number of aromatic nitrogens is 1. The van der Waals surface area contributed by atoms with Crippen molar-refractivity contribution in [3.05, 3.63) is 69.8 Å². The van der Waals surface area contributed by atoms with Gasteiger partial charge in [0.25, 0.3) is 5.91 Å². The smallest absolute Gasteiger partial charge is 0.252 e. The van der Waals surface area contributed by atoms with Crippen LogP contribution in [0.5, 0.6) is 0 Å². The minimum absolute atomic E-state index is 0.215. The quantitative estimate of drug-likeness (QED) is 0.728. The molecule has 0 radical (unpaired) electrons. The molecule has 3 nitrogen and oxygen atoms in total. The summed E-state index contributed by atoms with van der Waals surface area (Å²) in [5, 5.41) is 4.94. The predicted octanol–water partition coefficient (Wildman–Crippen LogP) is 4.45. The second-order valence-corrected chi connectivity index (χ2v) is 5.83.